The van der Waals surface area contributed by atoms with Crippen LogP contribution in [0.3, 0.4) is 0 Å². The minimum atomic E-state index is 0.299. The number of anilines is 1. The van der Waals surface area contributed by atoms with Gasteiger partial charge in [-0.3, -0.25) is 4.57 Å². The molecule has 0 saturated carbocycles. The van der Waals surface area contributed by atoms with Crippen molar-refractivity contribution in [2.24, 2.45) is 5.92 Å². The molecule has 162 valence electrons. The van der Waals surface area contributed by atoms with Crippen molar-refractivity contribution in [1.82, 2.24) is 9.55 Å². The second-order valence-electron chi connectivity index (χ2n) is 8.65. The van der Waals surface area contributed by atoms with E-state index in [1.807, 2.05) is 6.07 Å². The third-order valence-electron chi connectivity index (χ3n) is 6.61. The second kappa shape index (κ2) is 9.28. The van der Waals surface area contributed by atoms with Gasteiger partial charge in [0.05, 0.1) is 5.69 Å². The van der Waals surface area contributed by atoms with Crippen LogP contribution in [0, 0.1) is 26.7 Å². The maximum Gasteiger partial charge on any atom is 0.147 e. The number of halogens is 2. The zero-order chi connectivity index (χ0) is 22.3. The molecule has 1 aromatic carbocycles. The van der Waals surface area contributed by atoms with Gasteiger partial charge < -0.3 is 10.0 Å². The normalized spacial score (nSPS) is 15.2. The molecule has 4 rings (SSSR count). The summed E-state index contributed by atoms with van der Waals surface area (Å²) in [5, 5.41) is 10.4. The zero-order valence-corrected chi connectivity index (χ0v) is 21.6. The summed E-state index contributed by atoms with van der Waals surface area (Å²) in [5.74, 6) is 0.720. The van der Waals surface area contributed by atoms with E-state index < -0.39 is 0 Å². The lowest BCUT2D eigenvalue weighted by Crippen LogP contribution is -2.34. The molecule has 1 fully saturated rings. The Morgan fingerprint density at radius 3 is 2.45 bits per heavy atom. The van der Waals surface area contributed by atoms with Gasteiger partial charge in [-0.15, -0.1) is 0 Å². The Balaban J connectivity index is 1.80. The van der Waals surface area contributed by atoms with Gasteiger partial charge in [0, 0.05) is 51.1 Å². The molecule has 2 aromatic heterocycles. The van der Waals surface area contributed by atoms with Crippen molar-refractivity contribution in [2.75, 3.05) is 24.6 Å². The third kappa shape index (κ3) is 4.33. The number of fused-ring (bicyclic) bond motifs is 1. The first-order valence-corrected chi connectivity index (χ1v) is 12.5. The van der Waals surface area contributed by atoms with Gasteiger partial charge in [-0.05, 0) is 86.0 Å². The Kier molecular flexibility index (Phi) is 6.85. The molecule has 0 bridgehead atoms. The van der Waals surface area contributed by atoms with Gasteiger partial charge in [-0.2, -0.15) is 0 Å². The molecule has 31 heavy (non-hydrogen) atoms. The van der Waals surface area contributed by atoms with Crippen LogP contribution in [0.15, 0.2) is 27.1 Å². The van der Waals surface area contributed by atoms with Crippen molar-refractivity contribution < 1.29 is 5.11 Å². The van der Waals surface area contributed by atoms with Crippen molar-refractivity contribution in [1.29, 1.82) is 0 Å². The van der Waals surface area contributed by atoms with Crippen LogP contribution in [-0.4, -0.2) is 42.2 Å². The SMILES string of the molecule is [B]c1cc(Br)c(-n2c(C)c(C)c3c(N4CCC(CCCO)CC4)cc(C)nc32)cc1Br. The van der Waals surface area contributed by atoms with E-state index >= 15 is 0 Å². The highest BCUT2D eigenvalue weighted by atomic mass is 79.9. The van der Waals surface area contributed by atoms with Crippen LogP contribution in [-0.2, 0) is 0 Å². The number of benzene rings is 1. The van der Waals surface area contributed by atoms with Crippen LogP contribution in [0.5, 0.6) is 0 Å². The Bertz CT molecular complexity index is 1120. The molecule has 3 aromatic rings. The number of aromatic nitrogens is 2. The first kappa shape index (κ1) is 22.9. The highest BCUT2D eigenvalue weighted by Crippen LogP contribution is 2.38. The molecule has 1 saturated heterocycles. The van der Waals surface area contributed by atoms with Crippen molar-refractivity contribution in [3.8, 4) is 5.69 Å². The van der Waals surface area contributed by atoms with Crippen molar-refractivity contribution >= 4 is 61.9 Å². The highest BCUT2D eigenvalue weighted by Gasteiger charge is 2.25. The largest absolute Gasteiger partial charge is 0.396 e. The lowest BCUT2D eigenvalue weighted by molar-refractivity contribution is 0.261. The minimum absolute atomic E-state index is 0.299. The van der Waals surface area contributed by atoms with E-state index in [4.69, 9.17) is 17.9 Å². The summed E-state index contributed by atoms with van der Waals surface area (Å²) in [6.45, 7) is 8.84. The van der Waals surface area contributed by atoms with Crippen LogP contribution >= 0.6 is 31.9 Å². The number of aliphatic hydroxyl groups excluding tert-OH is 1. The molecule has 3 heterocycles. The third-order valence-corrected chi connectivity index (χ3v) is 7.93. The summed E-state index contributed by atoms with van der Waals surface area (Å²) in [5.41, 5.74) is 7.48. The van der Waals surface area contributed by atoms with Gasteiger partial charge in [0.25, 0.3) is 0 Å². The van der Waals surface area contributed by atoms with E-state index in [1.54, 1.807) is 0 Å². The molecule has 7 heteroatoms. The summed E-state index contributed by atoms with van der Waals surface area (Å²) >= 11 is 7.29. The molecule has 4 nitrogen and oxygen atoms in total. The Morgan fingerprint density at radius 2 is 1.77 bits per heavy atom. The Hall–Kier alpha value is -1.31. The zero-order valence-electron chi connectivity index (χ0n) is 18.4. The number of aryl methyl sites for hydroxylation is 2. The van der Waals surface area contributed by atoms with Crippen molar-refractivity contribution in [3.63, 3.8) is 0 Å². The maximum absolute atomic E-state index is 9.15. The van der Waals surface area contributed by atoms with Gasteiger partial charge >= 0.3 is 0 Å². The number of pyridine rings is 1. The van der Waals surface area contributed by atoms with Gasteiger partial charge in [0.2, 0.25) is 0 Å². The van der Waals surface area contributed by atoms with E-state index in [9.17, 15) is 0 Å². The van der Waals surface area contributed by atoms with E-state index in [0.717, 1.165) is 57.8 Å². The molecular weight excluding hydrogens is 517 g/mol. The standard InChI is InChI=1S/C24H28BBr2N3O/c1-14-11-22(29-8-6-17(7-9-29)5-4-10-31)23-15(2)16(3)30(24(23)28-14)21-13-19(26)18(25)12-20(21)27/h11-13,17,31H,4-10H2,1-3H3. The van der Waals surface area contributed by atoms with Crippen LogP contribution in [0.4, 0.5) is 5.69 Å². The molecule has 2 radical (unpaired) electrons. The van der Waals surface area contributed by atoms with Crippen LogP contribution in [0.2, 0.25) is 0 Å². The molecule has 0 unspecified atom stereocenters. The second-order valence-corrected chi connectivity index (χ2v) is 10.4. The van der Waals surface area contributed by atoms with E-state index in [2.05, 4.69) is 74.2 Å². The Labute approximate surface area is 202 Å². The van der Waals surface area contributed by atoms with E-state index in [1.165, 1.54) is 35.2 Å². The predicted molar refractivity (Wildman–Crippen MR) is 137 cm³/mol. The van der Waals surface area contributed by atoms with Gasteiger partial charge in [0.15, 0.2) is 0 Å². The fourth-order valence-corrected chi connectivity index (χ4v) is 5.65. The van der Waals surface area contributed by atoms with Crippen LogP contribution in [0.25, 0.3) is 16.7 Å². The first-order chi connectivity index (χ1) is 14.8. The number of hydrogen-bond donors (Lipinski definition) is 1. The lowest BCUT2D eigenvalue weighted by Gasteiger charge is -2.34. The molecule has 1 N–H and O–H groups in total. The highest BCUT2D eigenvalue weighted by molar-refractivity contribution is 9.11. The molecule has 0 spiro atoms. The molecule has 1 aliphatic heterocycles. The molecule has 0 atom stereocenters. The molecule has 0 amide bonds. The number of piperidine rings is 1. The molecule has 1 aliphatic rings. The number of aliphatic hydroxyl groups is 1. The monoisotopic (exact) mass is 543 g/mol. The lowest BCUT2D eigenvalue weighted by atomic mass is 9.92. The quantitative estimate of drug-likeness (QED) is 0.446. The van der Waals surface area contributed by atoms with Crippen LogP contribution < -0.4 is 10.4 Å². The first-order valence-electron chi connectivity index (χ1n) is 10.9. The van der Waals surface area contributed by atoms with Gasteiger partial charge in [0.1, 0.15) is 13.5 Å². The van der Waals surface area contributed by atoms with E-state index in [-0.39, 0.29) is 0 Å². The van der Waals surface area contributed by atoms with Gasteiger partial charge in [-0.25, -0.2) is 4.98 Å². The van der Waals surface area contributed by atoms with Crippen molar-refractivity contribution in [3.05, 3.63) is 44.1 Å². The number of nitrogens with zero attached hydrogens (tertiary/aromatic N) is 3. The maximum atomic E-state index is 9.15. The summed E-state index contributed by atoms with van der Waals surface area (Å²) in [6, 6.07) is 6.23. The topological polar surface area (TPSA) is 41.3 Å². The summed E-state index contributed by atoms with van der Waals surface area (Å²) < 4.78 is 4.06. The molecule has 0 aliphatic carbocycles. The Morgan fingerprint density at radius 1 is 1.06 bits per heavy atom. The number of hydrogen-bond acceptors (Lipinski definition) is 3. The average molecular weight is 545 g/mol. The number of rotatable bonds is 5. The summed E-state index contributed by atoms with van der Waals surface area (Å²) in [7, 11) is 6.09. The summed E-state index contributed by atoms with van der Waals surface area (Å²) in [4.78, 5) is 7.50. The van der Waals surface area contributed by atoms with Crippen LogP contribution in [0.1, 0.15) is 42.6 Å². The van der Waals surface area contributed by atoms with Gasteiger partial charge in [-0.1, -0.05) is 27.5 Å². The average Bonchev–Trinajstić information content (AvgIpc) is 2.99. The fraction of sp³-hybridized carbons (Fsp3) is 0.458. The predicted octanol–water partition coefficient (Wildman–Crippen LogP) is 5.26. The van der Waals surface area contributed by atoms with E-state index in [0.29, 0.717) is 12.1 Å². The minimum Gasteiger partial charge on any atom is -0.396 e. The van der Waals surface area contributed by atoms with Crippen molar-refractivity contribution in [2.45, 2.75) is 46.5 Å². The fourth-order valence-electron chi connectivity index (χ4n) is 4.78. The molecular formula is C24H28BBr2N3O. The smallest absolute Gasteiger partial charge is 0.147 e. The summed E-state index contributed by atoms with van der Waals surface area (Å²) in [6.07, 6.45) is 4.40.